The summed E-state index contributed by atoms with van der Waals surface area (Å²) in [5, 5.41) is 4.45. The third-order valence-corrected chi connectivity index (χ3v) is 5.72. The van der Waals surface area contributed by atoms with E-state index in [9.17, 15) is 4.79 Å². The van der Waals surface area contributed by atoms with E-state index in [1.807, 2.05) is 60.7 Å². The highest BCUT2D eigenvalue weighted by Crippen LogP contribution is 2.37. The maximum atomic E-state index is 13.0. The van der Waals surface area contributed by atoms with Gasteiger partial charge in [-0.1, -0.05) is 42.5 Å². The number of rotatable bonds is 9. The fraction of sp³-hybridized carbons (Fsp3) is 0.360. The molecule has 0 aliphatic carbocycles. The number of aromatic nitrogens is 2. The van der Waals surface area contributed by atoms with Crippen LogP contribution in [-0.2, 0) is 25.4 Å². The highest BCUT2D eigenvalue weighted by molar-refractivity contribution is 5.73. The summed E-state index contributed by atoms with van der Waals surface area (Å²) in [6.45, 7) is 0.679. The topological polar surface area (TPSA) is 71.8 Å². The van der Waals surface area contributed by atoms with Crippen molar-refractivity contribution in [3.05, 3.63) is 78.1 Å². The molecule has 1 saturated heterocycles. The second-order valence-electron chi connectivity index (χ2n) is 7.70. The SMILES string of the molecule is COc1ccccc1-n1nccc1[C@@H]1OCC[C@H]1C(=O)OCC(Cc1ccccc1)OC. The minimum absolute atomic E-state index is 0.194. The van der Waals surface area contributed by atoms with E-state index < -0.39 is 12.0 Å². The molecule has 1 aromatic heterocycles. The van der Waals surface area contributed by atoms with Crippen LogP contribution in [0, 0.1) is 5.92 Å². The Bertz CT molecular complexity index is 1020. The average molecular weight is 437 g/mol. The molecule has 168 valence electrons. The minimum atomic E-state index is -0.440. The predicted octanol–water partition coefficient (Wildman–Crippen LogP) is 3.76. The molecule has 1 aliphatic heterocycles. The molecule has 2 aromatic carbocycles. The van der Waals surface area contributed by atoms with Crippen LogP contribution in [0.25, 0.3) is 5.69 Å². The molecule has 0 amide bonds. The maximum Gasteiger partial charge on any atom is 0.312 e. The zero-order chi connectivity index (χ0) is 22.3. The molecule has 3 atom stereocenters. The van der Waals surface area contributed by atoms with Gasteiger partial charge < -0.3 is 18.9 Å². The number of nitrogens with zero attached hydrogens (tertiary/aromatic N) is 2. The first kappa shape index (κ1) is 22.0. The Kier molecular flexibility index (Phi) is 7.19. The lowest BCUT2D eigenvalue weighted by atomic mass is 9.99. The fourth-order valence-electron chi connectivity index (χ4n) is 4.03. The Morgan fingerprint density at radius 2 is 1.91 bits per heavy atom. The van der Waals surface area contributed by atoms with Gasteiger partial charge in [-0.05, 0) is 30.2 Å². The molecule has 7 nitrogen and oxygen atoms in total. The Morgan fingerprint density at radius 3 is 2.69 bits per heavy atom. The zero-order valence-electron chi connectivity index (χ0n) is 18.3. The van der Waals surface area contributed by atoms with Gasteiger partial charge in [-0.2, -0.15) is 5.10 Å². The summed E-state index contributed by atoms with van der Waals surface area (Å²) in [5.41, 5.74) is 2.72. The standard InChI is InChI=1S/C25H28N2O5/c1-29-19(16-18-8-4-3-5-9-18)17-32-25(28)20-13-15-31-24(20)22-12-14-26-27(22)21-10-6-7-11-23(21)30-2/h3-12,14,19-20,24H,13,15-17H2,1-2H3/t19?,20-,24-/m1/s1. The molecule has 1 aliphatic rings. The lowest BCUT2D eigenvalue weighted by Crippen LogP contribution is -2.28. The highest BCUT2D eigenvalue weighted by Gasteiger charge is 2.39. The smallest absolute Gasteiger partial charge is 0.312 e. The molecule has 4 rings (SSSR count). The Balaban J connectivity index is 1.45. The van der Waals surface area contributed by atoms with Crippen LogP contribution in [0.3, 0.4) is 0 Å². The summed E-state index contributed by atoms with van der Waals surface area (Å²) in [5.74, 6) is 0.00296. The number of carbonyl (C=O) groups is 1. The van der Waals surface area contributed by atoms with Gasteiger partial charge in [0.25, 0.3) is 0 Å². The average Bonchev–Trinajstić information content (AvgIpc) is 3.51. The lowest BCUT2D eigenvalue weighted by molar-refractivity contribution is -0.154. The number of carbonyl (C=O) groups excluding carboxylic acids is 1. The summed E-state index contributed by atoms with van der Waals surface area (Å²) in [6, 6.07) is 19.5. The number of esters is 1. The summed E-state index contributed by atoms with van der Waals surface area (Å²) in [7, 11) is 3.25. The van der Waals surface area contributed by atoms with Crippen LogP contribution >= 0.6 is 0 Å². The van der Waals surface area contributed by atoms with Gasteiger partial charge in [0.1, 0.15) is 24.1 Å². The quantitative estimate of drug-likeness (QED) is 0.476. The van der Waals surface area contributed by atoms with Crippen molar-refractivity contribution in [3.8, 4) is 11.4 Å². The van der Waals surface area contributed by atoms with Gasteiger partial charge in [0.05, 0.1) is 24.8 Å². The van der Waals surface area contributed by atoms with Crippen LogP contribution in [0.2, 0.25) is 0 Å². The zero-order valence-corrected chi connectivity index (χ0v) is 18.3. The number of para-hydroxylation sites is 2. The van der Waals surface area contributed by atoms with Crippen molar-refractivity contribution in [1.82, 2.24) is 9.78 Å². The molecular weight excluding hydrogens is 408 g/mol. The van der Waals surface area contributed by atoms with Gasteiger partial charge in [-0.25, -0.2) is 4.68 Å². The summed E-state index contributed by atoms with van der Waals surface area (Å²) >= 11 is 0. The molecule has 1 fully saturated rings. The minimum Gasteiger partial charge on any atom is -0.494 e. The van der Waals surface area contributed by atoms with Crippen LogP contribution in [0.1, 0.15) is 23.8 Å². The van der Waals surface area contributed by atoms with E-state index in [2.05, 4.69) is 5.10 Å². The third kappa shape index (κ3) is 4.84. The van der Waals surface area contributed by atoms with Crippen molar-refractivity contribution in [2.24, 2.45) is 5.92 Å². The molecular formula is C25H28N2O5. The molecule has 0 bridgehead atoms. The molecule has 1 unspecified atom stereocenters. The van der Waals surface area contributed by atoms with Crippen LogP contribution in [0.15, 0.2) is 66.9 Å². The second kappa shape index (κ2) is 10.4. The number of methoxy groups -OCH3 is 2. The van der Waals surface area contributed by atoms with Gasteiger partial charge in [0.2, 0.25) is 0 Å². The maximum absolute atomic E-state index is 13.0. The van der Waals surface area contributed by atoms with E-state index >= 15 is 0 Å². The Labute approximate surface area is 187 Å². The number of ether oxygens (including phenoxy) is 4. The van der Waals surface area contributed by atoms with Crippen LogP contribution in [0.5, 0.6) is 5.75 Å². The van der Waals surface area contributed by atoms with Gasteiger partial charge in [-0.15, -0.1) is 0 Å². The van der Waals surface area contributed by atoms with E-state index in [4.69, 9.17) is 18.9 Å². The van der Waals surface area contributed by atoms with E-state index in [1.165, 1.54) is 0 Å². The first-order valence-corrected chi connectivity index (χ1v) is 10.7. The predicted molar refractivity (Wildman–Crippen MR) is 119 cm³/mol. The molecule has 32 heavy (non-hydrogen) atoms. The molecule has 0 N–H and O–H groups in total. The van der Waals surface area contributed by atoms with E-state index in [-0.39, 0.29) is 18.7 Å². The molecule has 3 aromatic rings. The first-order chi connectivity index (χ1) is 15.7. The van der Waals surface area contributed by atoms with Gasteiger partial charge in [0, 0.05) is 26.3 Å². The van der Waals surface area contributed by atoms with Crippen molar-refractivity contribution < 1.29 is 23.7 Å². The van der Waals surface area contributed by atoms with Crippen LogP contribution in [0.4, 0.5) is 0 Å². The van der Waals surface area contributed by atoms with Gasteiger partial charge in [0.15, 0.2) is 0 Å². The molecule has 0 radical (unpaired) electrons. The fourth-order valence-corrected chi connectivity index (χ4v) is 4.03. The first-order valence-electron chi connectivity index (χ1n) is 10.7. The molecule has 2 heterocycles. The summed E-state index contributed by atoms with van der Waals surface area (Å²) in [6.07, 6.45) is 2.32. The van der Waals surface area contributed by atoms with E-state index in [0.717, 1.165) is 16.9 Å². The summed E-state index contributed by atoms with van der Waals surface area (Å²) < 4.78 is 24.4. The van der Waals surface area contributed by atoms with Crippen molar-refractivity contribution in [3.63, 3.8) is 0 Å². The Hall–Kier alpha value is -3.16. The van der Waals surface area contributed by atoms with Gasteiger partial charge in [-0.3, -0.25) is 4.79 Å². The summed E-state index contributed by atoms with van der Waals surface area (Å²) in [4.78, 5) is 13.0. The van der Waals surface area contributed by atoms with Crippen molar-refractivity contribution >= 4 is 5.97 Å². The van der Waals surface area contributed by atoms with Crippen molar-refractivity contribution in [2.75, 3.05) is 27.4 Å². The largest absolute Gasteiger partial charge is 0.494 e. The van der Waals surface area contributed by atoms with E-state index in [1.54, 1.807) is 25.1 Å². The molecule has 7 heteroatoms. The van der Waals surface area contributed by atoms with Crippen LogP contribution in [-0.4, -0.2) is 49.3 Å². The molecule has 0 spiro atoms. The Morgan fingerprint density at radius 1 is 1.12 bits per heavy atom. The van der Waals surface area contributed by atoms with Crippen LogP contribution < -0.4 is 4.74 Å². The van der Waals surface area contributed by atoms with Crippen molar-refractivity contribution in [2.45, 2.75) is 25.0 Å². The third-order valence-electron chi connectivity index (χ3n) is 5.72. The lowest BCUT2D eigenvalue weighted by Gasteiger charge is -2.21. The molecule has 0 saturated carbocycles. The number of hydrogen-bond donors (Lipinski definition) is 0. The normalized spacial score (nSPS) is 18.9. The van der Waals surface area contributed by atoms with Crippen molar-refractivity contribution in [1.29, 1.82) is 0 Å². The second-order valence-corrected chi connectivity index (χ2v) is 7.70. The number of benzene rings is 2. The van der Waals surface area contributed by atoms with Gasteiger partial charge >= 0.3 is 5.97 Å². The number of hydrogen-bond acceptors (Lipinski definition) is 6. The van der Waals surface area contributed by atoms with E-state index in [0.29, 0.717) is 25.2 Å². The monoisotopic (exact) mass is 436 g/mol. The highest BCUT2D eigenvalue weighted by atomic mass is 16.6.